The molecule has 0 aromatic heterocycles. The summed E-state index contributed by atoms with van der Waals surface area (Å²) in [5, 5.41) is 2.81. The van der Waals surface area contributed by atoms with E-state index in [1.165, 1.54) is 12.1 Å². The summed E-state index contributed by atoms with van der Waals surface area (Å²) in [7, 11) is 0. The molecule has 0 spiro atoms. The van der Waals surface area contributed by atoms with Crippen molar-refractivity contribution >= 4 is 29.1 Å². The lowest BCUT2D eigenvalue weighted by molar-refractivity contribution is -0.123. The van der Waals surface area contributed by atoms with Gasteiger partial charge in [0, 0.05) is 5.69 Å². The molecule has 98 valence electrons. The van der Waals surface area contributed by atoms with E-state index >= 15 is 0 Å². The van der Waals surface area contributed by atoms with Gasteiger partial charge in [0.2, 0.25) is 5.91 Å². The summed E-state index contributed by atoms with van der Waals surface area (Å²) < 4.78 is 0. The molecule has 1 aromatic carbocycles. The molecule has 0 bridgehead atoms. The first-order valence-corrected chi connectivity index (χ1v) is 5.85. The van der Waals surface area contributed by atoms with Gasteiger partial charge in [0.25, 0.3) is 5.91 Å². The third-order valence-corrected chi connectivity index (χ3v) is 3.19. The molecule has 0 aliphatic rings. The minimum Gasteiger partial charge on any atom is -0.399 e. The number of carbonyl (C=O) groups is 2. The molecular weight excluding hydrogens is 254 g/mol. The van der Waals surface area contributed by atoms with Crippen LogP contribution in [0.3, 0.4) is 0 Å². The van der Waals surface area contributed by atoms with Crippen molar-refractivity contribution in [1.82, 2.24) is 5.32 Å². The van der Waals surface area contributed by atoms with Crippen LogP contribution < -0.4 is 16.8 Å². The van der Waals surface area contributed by atoms with Crippen molar-refractivity contribution in [2.45, 2.75) is 25.8 Å². The van der Waals surface area contributed by atoms with Crippen LogP contribution in [0.25, 0.3) is 0 Å². The van der Waals surface area contributed by atoms with Gasteiger partial charge in [-0.15, -0.1) is 0 Å². The van der Waals surface area contributed by atoms with Gasteiger partial charge in [-0.2, -0.15) is 0 Å². The maximum atomic E-state index is 12.0. The predicted octanol–water partition coefficient (Wildman–Crippen LogP) is 1.31. The van der Waals surface area contributed by atoms with E-state index in [0.29, 0.717) is 12.1 Å². The van der Waals surface area contributed by atoms with Gasteiger partial charge in [-0.1, -0.05) is 18.5 Å². The second-order valence-electron chi connectivity index (χ2n) is 4.24. The van der Waals surface area contributed by atoms with Gasteiger partial charge in [-0.25, -0.2) is 0 Å². The molecule has 0 fully saturated rings. The first kappa shape index (κ1) is 14.3. The van der Waals surface area contributed by atoms with Crippen LogP contribution in [0, 0.1) is 0 Å². The third kappa shape index (κ3) is 2.92. The first-order chi connectivity index (χ1) is 8.30. The number of nitrogen functional groups attached to an aromatic ring is 1. The number of carbonyl (C=O) groups excluding carboxylic acids is 2. The van der Waals surface area contributed by atoms with Gasteiger partial charge in [-0.05, 0) is 31.5 Å². The molecule has 5 N–H and O–H groups in total. The molecule has 0 aliphatic carbocycles. The molecule has 1 atom stereocenters. The van der Waals surface area contributed by atoms with Crippen molar-refractivity contribution in [1.29, 1.82) is 0 Å². The van der Waals surface area contributed by atoms with Crippen LogP contribution in [-0.4, -0.2) is 17.4 Å². The number of primary amides is 1. The fourth-order valence-electron chi connectivity index (χ4n) is 1.36. The Morgan fingerprint density at radius 2 is 2.06 bits per heavy atom. The SMILES string of the molecule is CCC(C)(NC(=O)c1ccc(N)cc1Cl)C(N)=O. The van der Waals surface area contributed by atoms with Crippen molar-refractivity contribution in [2.75, 3.05) is 5.73 Å². The minimum atomic E-state index is -1.10. The number of rotatable bonds is 4. The number of hydrogen-bond acceptors (Lipinski definition) is 3. The number of hydrogen-bond donors (Lipinski definition) is 3. The molecule has 1 aromatic rings. The Hall–Kier alpha value is -1.75. The summed E-state index contributed by atoms with van der Waals surface area (Å²) in [6, 6.07) is 4.54. The van der Waals surface area contributed by atoms with Crippen LogP contribution in [0.15, 0.2) is 18.2 Å². The Morgan fingerprint density at radius 1 is 1.44 bits per heavy atom. The fraction of sp³-hybridized carbons (Fsp3) is 0.333. The topological polar surface area (TPSA) is 98.2 Å². The molecule has 0 aliphatic heterocycles. The summed E-state index contributed by atoms with van der Waals surface area (Å²) in [4.78, 5) is 23.3. The van der Waals surface area contributed by atoms with Crippen molar-refractivity contribution in [3.8, 4) is 0 Å². The number of nitrogens with one attached hydrogen (secondary N) is 1. The molecule has 0 saturated heterocycles. The largest absolute Gasteiger partial charge is 0.399 e. The normalized spacial score (nSPS) is 13.7. The van der Waals surface area contributed by atoms with E-state index in [1.807, 2.05) is 0 Å². The summed E-state index contributed by atoms with van der Waals surface area (Å²) in [5.41, 5.74) is 10.4. The second kappa shape index (κ2) is 5.27. The van der Waals surface area contributed by atoms with Crippen LogP contribution in [-0.2, 0) is 4.79 Å². The fourth-order valence-corrected chi connectivity index (χ4v) is 1.63. The van der Waals surface area contributed by atoms with Gasteiger partial charge in [0.05, 0.1) is 10.6 Å². The summed E-state index contributed by atoms with van der Waals surface area (Å²) in [6.45, 7) is 3.33. The molecule has 0 heterocycles. The lowest BCUT2D eigenvalue weighted by Gasteiger charge is -2.26. The molecule has 0 saturated carbocycles. The maximum absolute atomic E-state index is 12.0. The zero-order chi connectivity index (χ0) is 13.9. The summed E-state index contributed by atoms with van der Waals surface area (Å²) >= 11 is 5.92. The zero-order valence-electron chi connectivity index (χ0n) is 10.3. The van der Waals surface area contributed by atoms with Gasteiger partial charge in [0.15, 0.2) is 0 Å². The quantitative estimate of drug-likeness (QED) is 0.719. The van der Waals surface area contributed by atoms with Crippen molar-refractivity contribution < 1.29 is 9.59 Å². The van der Waals surface area contributed by atoms with Crippen molar-refractivity contribution in [2.24, 2.45) is 5.73 Å². The van der Waals surface area contributed by atoms with E-state index in [9.17, 15) is 9.59 Å². The van der Waals surface area contributed by atoms with Gasteiger partial charge in [-0.3, -0.25) is 9.59 Å². The van der Waals surface area contributed by atoms with Crippen LogP contribution in [0.1, 0.15) is 30.6 Å². The molecule has 1 rings (SSSR count). The Morgan fingerprint density at radius 3 is 2.50 bits per heavy atom. The smallest absolute Gasteiger partial charge is 0.253 e. The van der Waals surface area contributed by atoms with E-state index < -0.39 is 17.4 Å². The lowest BCUT2D eigenvalue weighted by atomic mass is 9.97. The Kier molecular flexibility index (Phi) is 4.19. The van der Waals surface area contributed by atoms with Crippen molar-refractivity contribution in [3.63, 3.8) is 0 Å². The average molecular weight is 270 g/mol. The van der Waals surface area contributed by atoms with E-state index in [1.54, 1.807) is 19.9 Å². The molecular formula is C12H16ClN3O2. The van der Waals surface area contributed by atoms with Crippen molar-refractivity contribution in [3.05, 3.63) is 28.8 Å². The highest BCUT2D eigenvalue weighted by atomic mass is 35.5. The summed E-state index contributed by atoms with van der Waals surface area (Å²) in [6.07, 6.45) is 0.390. The predicted molar refractivity (Wildman–Crippen MR) is 71.2 cm³/mol. The Bertz CT molecular complexity index is 490. The third-order valence-electron chi connectivity index (χ3n) is 2.88. The number of nitrogens with two attached hydrogens (primary N) is 2. The monoisotopic (exact) mass is 269 g/mol. The molecule has 5 nitrogen and oxygen atoms in total. The van der Waals surface area contributed by atoms with E-state index in [2.05, 4.69) is 5.32 Å². The Balaban J connectivity index is 2.98. The molecule has 0 radical (unpaired) electrons. The number of halogens is 1. The number of amides is 2. The van der Waals surface area contributed by atoms with Gasteiger partial charge >= 0.3 is 0 Å². The van der Waals surface area contributed by atoms with Crippen LogP contribution in [0.5, 0.6) is 0 Å². The lowest BCUT2D eigenvalue weighted by Crippen LogP contribution is -2.54. The highest BCUT2D eigenvalue weighted by Gasteiger charge is 2.31. The number of benzene rings is 1. The van der Waals surface area contributed by atoms with Crippen LogP contribution >= 0.6 is 11.6 Å². The van der Waals surface area contributed by atoms with E-state index in [4.69, 9.17) is 23.1 Å². The Labute approximate surface area is 110 Å². The van der Waals surface area contributed by atoms with E-state index in [-0.39, 0.29) is 10.6 Å². The standard InChI is InChI=1S/C12H16ClN3O2/c1-3-12(2,11(15)18)16-10(17)8-5-4-7(14)6-9(8)13/h4-6H,3,14H2,1-2H3,(H2,15,18)(H,16,17). The average Bonchev–Trinajstić information content (AvgIpc) is 2.28. The first-order valence-electron chi connectivity index (χ1n) is 5.47. The van der Waals surface area contributed by atoms with Gasteiger partial charge in [0.1, 0.15) is 5.54 Å². The highest BCUT2D eigenvalue weighted by molar-refractivity contribution is 6.34. The molecule has 2 amide bonds. The molecule has 18 heavy (non-hydrogen) atoms. The molecule has 1 unspecified atom stereocenters. The van der Waals surface area contributed by atoms with Gasteiger partial charge < -0.3 is 16.8 Å². The van der Waals surface area contributed by atoms with E-state index in [0.717, 1.165) is 0 Å². The minimum absolute atomic E-state index is 0.232. The zero-order valence-corrected chi connectivity index (χ0v) is 11.0. The number of anilines is 1. The maximum Gasteiger partial charge on any atom is 0.253 e. The van der Waals surface area contributed by atoms with Crippen LogP contribution in [0.4, 0.5) is 5.69 Å². The summed E-state index contributed by atoms with van der Waals surface area (Å²) in [5.74, 6) is -1.05. The second-order valence-corrected chi connectivity index (χ2v) is 4.65. The van der Waals surface area contributed by atoms with Crippen LogP contribution in [0.2, 0.25) is 5.02 Å². The molecule has 6 heteroatoms. The highest BCUT2D eigenvalue weighted by Crippen LogP contribution is 2.20.